The molecule has 1 N–H and O–H groups in total. The van der Waals surface area contributed by atoms with Crippen molar-refractivity contribution in [1.82, 2.24) is 4.98 Å². The summed E-state index contributed by atoms with van der Waals surface area (Å²) < 4.78 is 39.3. The van der Waals surface area contributed by atoms with Gasteiger partial charge in [0.25, 0.3) is 0 Å². The van der Waals surface area contributed by atoms with Crippen LogP contribution in [-0.2, 0) is 14.6 Å². The molecule has 0 saturated carbocycles. The molecule has 0 bridgehead atoms. The molecule has 9 heteroatoms. The first-order valence-corrected chi connectivity index (χ1v) is 11.1. The number of aromatic nitrogens is 1. The topological polar surface area (TPSA) is 96.4 Å². The molecule has 0 spiro atoms. The molecule has 1 unspecified atom stereocenters. The summed E-state index contributed by atoms with van der Waals surface area (Å²) in [5, 5.41) is 3.82. The third-order valence-electron chi connectivity index (χ3n) is 5.13. The highest BCUT2D eigenvalue weighted by Crippen LogP contribution is 2.37. The molecule has 1 atom stereocenters. The van der Waals surface area contributed by atoms with Crippen LogP contribution in [0.1, 0.15) is 30.6 Å². The summed E-state index contributed by atoms with van der Waals surface area (Å²) in [6.07, 6.45) is 1.60. The number of ketones is 1. The average molecular weight is 429 g/mol. The number of nitrogens with zero attached hydrogens (tertiary/aromatic N) is 2. The molecule has 30 heavy (non-hydrogen) atoms. The van der Waals surface area contributed by atoms with Crippen molar-refractivity contribution in [3.05, 3.63) is 59.0 Å². The van der Waals surface area contributed by atoms with Crippen molar-refractivity contribution in [1.29, 1.82) is 0 Å². The second kappa shape index (κ2) is 7.32. The largest absolute Gasteiger partial charge is 0.356 e. The summed E-state index contributed by atoms with van der Waals surface area (Å²) in [4.78, 5) is 31.9. The van der Waals surface area contributed by atoms with Crippen LogP contribution in [0.2, 0.25) is 0 Å². The zero-order valence-electron chi connectivity index (χ0n) is 16.4. The average Bonchev–Trinajstić information content (AvgIpc) is 2.67. The highest BCUT2D eigenvalue weighted by Gasteiger charge is 2.44. The Bertz CT molecular complexity index is 1190. The number of Topliss-reactive ketones (excluding diaryl/α,β-unsaturated/α-hetero) is 1. The predicted octanol–water partition coefficient (Wildman–Crippen LogP) is 3.15. The maximum absolute atomic E-state index is 13.9. The lowest BCUT2D eigenvalue weighted by Crippen LogP contribution is -2.48. The Hall–Kier alpha value is -3.07. The van der Waals surface area contributed by atoms with Crippen molar-refractivity contribution >= 4 is 33.0 Å². The van der Waals surface area contributed by atoms with Crippen LogP contribution in [0.25, 0.3) is 0 Å². The summed E-state index contributed by atoms with van der Waals surface area (Å²) >= 11 is 0. The van der Waals surface area contributed by atoms with Crippen molar-refractivity contribution in [2.75, 3.05) is 16.8 Å². The smallest absolute Gasteiger partial charge is 0.245 e. The Balaban J connectivity index is 1.82. The van der Waals surface area contributed by atoms with Gasteiger partial charge in [-0.05, 0) is 30.5 Å². The molecule has 1 amide bonds. The third-order valence-corrected chi connectivity index (χ3v) is 6.66. The summed E-state index contributed by atoms with van der Waals surface area (Å²) in [5.41, 5.74) is 0.197. The number of nitrogens with one attached hydrogen (secondary N) is 1. The fourth-order valence-electron chi connectivity index (χ4n) is 3.61. The van der Waals surface area contributed by atoms with E-state index in [2.05, 4.69) is 10.3 Å². The van der Waals surface area contributed by atoms with Gasteiger partial charge < -0.3 is 5.32 Å². The minimum absolute atomic E-state index is 0.0395. The van der Waals surface area contributed by atoms with Gasteiger partial charge in [0.05, 0.1) is 27.8 Å². The van der Waals surface area contributed by atoms with E-state index in [-0.39, 0.29) is 40.1 Å². The lowest BCUT2D eigenvalue weighted by Gasteiger charge is -2.34. The molecule has 7 nitrogen and oxygen atoms in total. The molecular weight excluding hydrogens is 409 g/mol. The molecule has 0 saturated heterocycles. The SMILES string of the molecule is CC(C)CCN1C(=O)C(C2=CS(=O)(=O)c3ccccc3N2)C(=O)c2cc(F)cnc21. The maximum atomic E-state index is 13.9. The van der Waals surface area contributed by atoms with Gasteiger partial charge in [0.1, 0.15) is 17.6 Å². The second-order valence-electron chi connectivity index (χ2n) is 7.73. The molecule has 0 aliphatic carbocycles. The fraction of sp³-hybridized carbons (Fsp3) is 0.286. The van der Waals surface area contributed by atoms with E-state index in [9.17, 15) is 22.4 Å². The number of pyridine rings is 1. The number of rotatable bonds is 4. The van der Waals surface area contributed by atoms with Crippen LogP contribution >= 0.6 is 0 Å². The Morgan fingerprint density at radius 2 is 1.97 bits per heavy atom. The Labute approximate surface area is 173 Å². The van der Waals surface area contributed by atoms with E-state index in [0.717, 1.165) is 17.7 Å². The number of para-hydroxylation sites is 1. The van der Waals surface area contributed by atoms with E-state index in [4.69, 9.17) is 0 Å². The van der Waals surface area contributed by atoms with Gasteiger partial charge in [-0.25, -0.2) is 17.8 Å². The van der Waals surface area contributed by atoms with Crippen molar-refractivity contribution in [3.63, 3.8) is 0 Å². The summed E-state index contributed by atoms with van der Waals surface area (Å²) in [6.45, 7) is 4.26. The van der Waals surface area contributed by atoms with Crippen molar-refractivity contribution < 1.29 is 22.4 Å². The summed E-state index contributed by atoms with van der Waals surface area (Å²) in [5.74, 6) is -3.02. The van der Waals surface area contributed by atoms with Gasteiger partial charge >= 0.3 is 0 Å². The van der Waals surface area contributed by atoms with Crippen LogP contribution in [0.3, 0.4) is 0 Å². The van der Waals surface area contributed by atoms with E-state index in [1.54, 1.807) is 18.2 Å². The van der Waals surface area contributed by atoms with Gasteiger partial charge in [-0.1, -0.05) is 26.0 Å². The minimum Gasteiger partial charge on any atom is -0.356 e. The number of fused-ring (bicyclic) bond motifs is 2. The molecule has 1 aromatic carbocycles. The van der Waals surface area contributed by atoms with E-state index in [1.165, 1.54) is 11.0 Å². The van der Waals surface area contributed by atoms with Crippen LogP contribution in [-0.4, -0.2) is 31.6 Å². The number of hydrogen-bond acceptors (Lipinski definition) is 6. The number of anilines is 2. The lowest BCUT2D eigenvalue weighted by atomic mass is 9.89. The van der Waals surface area contributed by atoms with Crippen molar-refractivity contribution in [2.24, 2.45) is 11.8 Å². The van der Waals surface area contributed by atoms with E-state index >= 15 is 0 Å². The van der Waals surface area contributed by atoms with E-state index in [1.807, 2.05) is 13.8 Å². The predicted molar refractivity (Wildman–Crippen MR) is 109 cm³/mol. The van der Waals surface area contributed by atoms with Crippen LogP contribution in [0.15, 0.2) is 52.5 Å². The normalized spacial score (nSPS) is 19.8. The van der Waals surface area contributed by atoms with Gasteiger partial charge in [-0.2, -0.15) is 0 Å². The molecule has 3 heterocycles. The summed E-state index contributed by atoms with van der Waals surface area (Å²) in [6, 6.07) is 7.28. The van der Waals surface area contributed by atoms with Gasteiger partial charge in [-0.3, -0.25) is 14.5 Å². The van der Waals surface area contributed by atoms with Gasteiger partial charge in [0.2, 0.25) is 15.7 Å². The minimum atomic E-state index is -3.85. The number of benzene rings is 1. The first kappa shape index (κ1) is 20.2. The molecule has 1 aromatic heterocycles. The van der Waals surface area contributed by atoms with Gasteiger partial charge in [0, 0.05) is 12.2 Å². The molecule has 2 aliphatic rings. The number of carbonyl (C=O) groups excluding carboxylic acids is 2. The zero-order chi connectivity index (χ0) is 21.6. The van der Waals surface area contributed by atoms with E-state index in [0.29, 0.717) is 6.42 Å². The molecule has 4 rings (SSSR count). The third kappa shape index (κ3) is 3.39. The number of halogens is 1. The molecule has 0 fully saturated rings. The molecule has 0 radical (unpaired) electrons. The number of sulfone groups is 1. The highest BCUT2D eigenvalue weighted by atomic mass is 32.2. The standard InChI is InChI=1S/C21H20FN3O4S/c1-12(2)7-8-25-20-14(9-13(22)10-23-20)19(26)18(21(25)27)16-11-30(28,29)17-6-4-3-5-15(17)24-16/h3-6,9-12,18,24H,7-8H2,1-2H3. The molecular formula is C21H20FN3O4S. The van der Waals surface area contributed by atoms with Crippen LogP contribution in [0.4, 0.5) is 15.9 Å². The van der Waals surface area contributed by atoms with Gasteiger partial charge in [0.15, 0.2) is 5.78 Å². The van der Waals surface area contributed by atoms with E-state index < -0.39 is 33.3 Å². The number of amides is 1. The zero-order valence-corrected chi connectivity index (χ0v) is 17.2. The van der Waals surface area contributed by atoms with Gasteiger partial charge in [-0.15, -0.1) is 0 Å². The highest BCUT2D eigenvalue weighted by molar-refractivity contribution is 7.94. The molecule has 2 aromatic rings. The first-order valence-electron chi connectivity index (χ1n) is 9.53. The van der Waals surface area contributed by atoms with Crippen LogP contribution in [0, 0.1) is 17.7 Å². The second-order valence-corrected chi connectivity index (χ2v) is 9.50. The first-order chi connectivity index (χ1) is 14.2. The fourth-order valence-corrected chi connectivity index (χ4v) is 4.96. The number of hydrogen-bond donors (Lipinski definition) is 1. The quantitative estimate of drug-likeness (QED) is 0.750. The van der Waals surface area contributed by atoms with Crippen LogP contribution < -0.4 is 10.2 Å². The maximum Gasteiger partial charge on any atom is 0.245 e. The number of carbonyl (C=O) groups is 2. The Kier molecular flexibility index (Phi) is 4.93. The molecule has 2 aliphatic heterocycles. The summed E-state index contributed by atoms with van der Waals surface area (Å²) in [7, 11) is -3.85. The Morgan fingerprint density at radius 3 is 2.70 bits per heavy atom. The van der Waals surface area contributed by atoms with Crippen molar-refractivity contribution in [2.45, 2.75) is 25.2 Å². The van der Waals surface area contributed by atoms with Crippen LogP contribution in [0.5, 0.6) is 0 Å². The Morgan fingerprint density at radius 1 is 1.23 bits per heavy atom. The lowest BCUT2D eigenvalue weighted by molar-refractivity contribution is -0.120. The van der Waals surface area contributed by atoms with Crippen molar-refractivity contribution in [3.8, 4) is 0 Å². The monoisotopic (exact) mass is 429 g/mol. The molecule has 156 valence electrons.